The number of carbonyl (C=O) groups excluding carboxylic acids is 1. The Bertz CT molecular complexity index is 609. The van der Waals surface area contributed by atoms with Gasteiger partial charge in [-0.15, -0.1) is 5.10 Å². The number of unbranched alkanes of at least 4 members (excludes halogenated alkanes) is 1. The second kappa shape index (κ2) is 6.52. The molecule has 1 N–H and O–H groups in total. The Morgan fingerprint density at radius 3 is 2.90 bits per heavy atom. The molecule has 2 aromatic rings. The van der Waals surface area contributed by atoms with Gasteiger partial charge in [-0.25, -0.2) is 0 Å². The summed E-state index contributed by atoms with van der Waals surface area (Å²) in [5.41, 5.74) is 1.67. The predicted molar refractivity (Wildman–Crippen MR) is 78.3 cm³/mol. The topological polar surface area (TPSA) is 59.8 Å². The van der Waals surface area contributed by atoms with Gasteiger partial charge in [0.25, 0.3) is 5.91 Å². The van der Waals surface area contributed by atoms with Crippen LogP contribution in [-0.2, 0) is 0 Å². The number of nitrogens with one attached hydrogen (secondary N) is 1. The van der Waals surface area contributed by atoms with Gasteiger partial charge in [0, 0.05) is 11.6 Å². The van der Waals surface area contributed by atoms with Crippen molar-refractivity contribution in [1.29, 1.82) is 0 Å². The van der Waals surface area contributed by atoms with Gasteiger partial charge in [0.05, 0.1) is 11.4 Å². The van der Waals surface area contributed by atoms with Gasteiger partial charge in [-0.3, -0.25) is 4.79 Å². The van der Waals surface area contributed by atoms with Crippen molar-refractivity contribution in [3.63, 3.8) is 0 Å². The molecule has 5 nitrogen and oxygen atoms in total. The zero-order chi connectivity index (χ0) is 14.5. The van der Waals surface area contributed by atoms with E-state index >= 15 is 0 Å². The van der Waals surface area contributed by atoms with Crippen molar-refractivity contribution < 1.29 is 4.79 Å². The lowest BCUT2D eigenvalue weighted by molar-refractivity contribution is 0.0947. The molecule has 1 aromatic heterocycles. The molecule has 0 spiro atoms. The van der Waals surface area contributed by atoms with Gasteiger partial charge in [0.2, 0.25) is 0 Å². The first-order valence-electron chi connectivity index (χ1n) is 6.60. The zero-order valence-electron chi connectivity index (χ0n) is 11.6. The normalized spacial score (nSPS) is 10.6. The van der Waals surface area contributed by atoms with Crippen molar-refractivity contribution in [3.05, 3.63) is 40.7 Å². The van der Waals surface area contributed by atoms with E-state index in [1.165, 1.54) is 4.80 Å². The number of aromatic nitrogens is 3. The standard InChI is InChI=1S/C14H17ClN4O/c1-3-4-8-16-14(20)13-10(2)17-19(18-13)12-7-5-6-11(15)9-12/h5-7,9H,3-4,8H2,1-2H3,(H,16,20). The van der Waals surface area contributed by atoms with Crippen molar-refractivity contribution >= 4 is 17.5 Å². The first kappa shape index (κ1) is 14.5. The highest BCUT2D eigenvalue weighted by Crippen LogP contribution is 2.14. The van der Waals surface area contributed by atoms with E-state index in [1.807, 2.05) is 12.1 Å². The van der Waals surface area contributed by atoms with Crippen molar-refractivity contribution in [2.75, 3.05) is 6.54 Å². The molecule has 1 aromatic carbocycles. The molecule has 0 saturated carbocycles. The molecule has 0 fully saturated rings. The highest BCUT2D eigenvalue weighted by Gasteiger charge is 2.15. The van der Waals surface area contributed by atoms with Crippen LogP contribution in [0.2, 0.25) is 5.02 Å². The molecular formula is C14H17ClN4O. The largest absolute Gasteiger partial charge is 0.351 e. The third kappa shape index (κ3) is 3.36. The van der Waals surface area contributed by atoms with Gasteiger partial charge in [0.1, 0.15) is 0 Å². The summed E-state index contributed by atoms with van der Waals surface area (Å²) in [6, 6.07) is 7.18. The van der Waals surface area contributed by atoms with Crippen molar-refractivity contribution in [2.24, 2.45) is 0 Å². The van der Waals surface area contributed by atoms with Crippen LogP contribution in [0.15, 0.2) is 24.3 Å². The summed E-state index contributed by atoms with van der Waals surface area (Å²) in [5.74, 6) is -0.191. The Morgan fingerprint density at radius 1 is 1.40 bits per heavy atom. The number of hydrogen-bond acceptors (Lipinski definition) is 3. The van der Waals surface area contributed by atoms with E-state index in [0.717, 1.165) is 18.5 Å². The average Bonchev–Trinajstić information content (AvgIpc) is 2.81. The Hall–Kier alpha value is -1.88. The van der Waals surface area contributed by atoms with Gasteiger partial charge in [-0.1, -0.05) is 31.0 Å². The SMILES string of the molecule is CCCCNC(=O)c1nn(-c2cccc(Cl)c2)nc1C. The van der Waals surface area contributed by atoms with Gasteiger partial charge >= 0.3 is 0 Å². The average molecular weight is 293 g/mol. The molecule has 20 heavy (non-hydrogen) atoms. The van der Waals surface area contributed by atoms with E-state index in [1.54, 1.807) is 19.1 Å². The predicted octanol–water partition coefficient (Wildman–Crippen LogP) is 2.76. The number of halogens is 1. The molecule has 0 unspecified atom stereocenters. The molecule has 0 aliphatic heterocycles. The van der Waals surface area contributed by atoms with Gasteiger partial charge in [-0.2, -0.15) is 9.90 Å². The molecule has 0 saturated heterocycles. The van der Waals surface area contributed by atoms with Crippen LogP contribution >= 0.6 is 11.6 Å². The molecule has 106 valence electrons. The minimum absolute atomic E-state index is 0.191. The molecule has 0 bridgehead atoms. The summed E-state index contributed by atoms with van der Waals surface area (Å²) in [7, 11) is 0. The van der Waals surface area contributed by atoms with Crippen LogP contribution in [0, 0.1) is 6.92 Å². The van der Waals surface area contributed by atoms with Crippen LogP contribution in [0.4, 0.5) is 0 Å². The van der Waals surface area contributed by atoms with Crippen LogP contribution in [0.5, 0.6) is 0 Å². The van der Waals surface area contributed by atoms with Crippen LogP contribution in [0.25, 0.3) is 5.69 Å². The molecule has 0 aliphatic carbocycles. The number of benzene rings is 1. The summed E-state index contributed by atoms with van der Waals surface area (Å²) >= 11 is 5.94. The number of aryl methyl sites for hydroxylation is 1. The van der Waals surface area contributed by atoms with Crippen LogP contribution in [0.3, 0.4) is 0 Å². The van der Waals surface area contributed by atoms with E-state index in [-0.39, 0.29) is 5.91 Å². The van der Waals surface area contributed by atoms with Gasteiger partial charge in [-0.05, 0) is 31.5 Å². The molecule has 1 heterocycles. The summed E-state index contributed by atoms with van der Waals surface area (Å²) in [4.78, 5) is 13.4. The van der Waals surface area contributed by atoms with Crippen molar-refractivity contribution in [3.8, 4) is 5.69 Å². The van der Waals surface area contributed by atoms with E-state index in [0.29, 0.717) is 23.0 Å². The lowest BCUT2D eigenvalue weighted by Crippen LogP contribution is -2.25. The Labute approximate surface area is 122 Å². The fourth-order valence-electron chi connectivity index (χ4n) is 1.77. The van der Waals surface area contributed by atoms with E-state index < -0.39 is 0 Å². The number of hydrogen-bond donors (Lipinski definition) is 1. The van der Waals surface area contributed by atoms with Crippen LogP contribution in [-0.4, -0.2) is 27.4 Å². The third-order valence-corrected chi connectivity index (χ3v) is 3.09. The fourth-order valence-corrected chi connectivity index (χ4v) is 1.95. The van der Waals surface area contributed by atoms with Crippen LogP contribution < -0.4 is 5.32 Å². The quantitative estimate of drug-likeness (QED) is 0.862. The maximum Gasteiger partial charge on any atom is 0.273 e. The Balaban J connectivity index is 2.19. The monoisotopic (exact) mass is 292 g/mol. The highest BCUT2D eigenvalue weighted by atomic mass is 35.5. The molecule has 2 rings (SSSR count). The smallest absolute Gasteiger partial charge is 0.273 e. The summed E-state index contributed by atoms with van der Waals surface area (Å²) in [6.45, 7) is 4.49. The highest BCUT2D eigenvalue weighted by molar-refractivity contribution is 6.30. The lowest BCUT2D eigenvalue weighted by Gasteiger charge is -2.01. The minimum atomic E-state index is -0.191. The second-order valence-corrected chi connectivity index (χ2v) is 4.95. The van der Waals surface area contributed by atoms with E-state index in [2.05, 4.69) is 22.4 Å². The van der Waals surface area contributed by atoms with Gasteiger partial charge < -0.3 is 5.32 Å². The van der Waals surface area contributed by atoms with E-state index in [9.17, 15) is 4.79 Å². The zero-order valence-corrected chi connectivity index (χ0v) is 12.3. The van der Waals surface area contributed by atoms with Crippen molar-refractivity contribution in [2.45, 2.75) is 26.7 Å². The fraction of sp³-hybridized carbons (Fsp3) is 0.357. The minimum Gasteiger partial charge on any atom is -0.351 e. The molecule has 0 radical (unpaired) electrons. The summed E-state index contributed by atoms with van der Waals surface area (Å²) in [5, 5.41) is 11.9. The molecule has 0 aliphatic rings. The van der Waals surface area contributed by atoms with Crippen molar-refractivity contribution in [1.82, 2.24) is 20.3 Å². The summed E-state index contributed by atoms with van der Waals surface area (Å²) in [6.07, 6.45) is 1.99. The Morgan fingerprint density at radius 2 is 2.20 bits per heavy atom. The molecular weight excluding hydrogens is 276 g/mol. The first-order chi connectivity index (χ1) is 9.61. The number of carbonyl (C=O) groups is 1. The number of amides is 1. The lowest BCUT2D eigenvalue weighted by atomic mass is 10.3. The number of rotatable bonds is 5. The Kier molecular flexibility index (Phi) is 4.74. The second-order valence-electron chi connectivity index (χ2n) is 4.51. The summed E-state index contributed by atoms with van der Waals surface area (Å²) < 4.78 is 0. The maximum atomic E-state index is 12.0. The third-order valence-electron chi connectivity index (χ3n) is 2.85. The number of nitrogens with zero attached hydrogens (tertiary/aromatic N) is 3. The van der Waals surface area contributed by atoms with Crippen LogP contribution in [0.1, 0.15) is 35.9 Å². The molecule has 1 amide bonds. The first-order valence-corrected chi connectivity index (χ1v) is 6.97. The molecule has 0 atom stereocenters. The van der Waals surface area contributed by atoms with Gasteiger partial charge in [0.15, 0.2) is 5.69 Å². The van der Waals surface area contributed by atoms with E-state index in [4.69, 9.17) is 11.6 Å². The maximum absolute atomic E-state index is 12.0. The molecule has 6 heteroatoms.